The first-order chi connectivity index (χ1) is 9.24. The van der Waals surface area contributed by atoms with Crippen molar-refractivity contribution in [1.29, 1.82) is 0 Å². The quantitative estimate of drug-likeness (QED) is 0.554. The highest BCUT2D eigenvalue weighted by Gasteiger charge is 2.23. The van der Waals surface area contributed by atoms with Crippen LogP contribution >= 0.6 is 7.92 Å². The Kier molecular flexibility index (Phi) is 4.93. The average Bonchev–Trinajstić information content (AvgIpc) is 2.46. The fraction of sp³-hybridized carbons (Fsp3) is 0.222. The lowest BCUT2D eigenvalue weighted by Gasteiger charge is -2.28. The fourth-order valence-electron chi connectivity index (χ4n) is 2.44. The van der Waals surface area contributed by atoms with E-state index in [1.54, 1.807) is 0 Å². The summed E-state index contributed by atoms with van der Waals surface area (Å²) in [6.07, 6.45) is 1.14. The number of hydrogen-bond acceptors (Lipinski definition) is 0. The second-order valence-electron chi connectivity index (χ2n) is 4.81. The summed E-state index contributed by atoms with van der Waals surface area (Å²) in [6, 6.07) is 21.7. The predicted molar refractivity (Wildman–Crippen MR) is 88.0 cm³/mol. The molecule has 19 heavy (non-hydrogen) atoms. The van der Waals surface area contributed by atoms with Gasteiger partial charge in [0.15, 0.2) is 0 Å². The molecule has 1 atom stereocenters. The first-order valence-electron chi connectivity index (χ1n) is 6.78. The zero-order chi connectivity index (χ0) is 13.7. The molecule has 0 amide bonds. The minimum absolute atomic E-state index is 0.353. The topological polar surface area (TPSA) is 0 Å². The third kappa shape index (κ3) is 3.33. The summed E-state index contributed by atoms with van der Waals surface area (Å²) in [6.45, 7) is 8.64. The monoisotopic (exact) mass is 268 g/mol. The molecular formula is C18H21P. The Morgan fingerprint density at radius 3 is 1.68 bits per heavy atom. The molecular weight excluding hydrogens is 247 g/mol. The van der Waals surface area contributed by atoms with Crippen LogP contribution < -0.4 is 10.6 Å². The first-order valence-corrected chi connectivity index (χ1v) is 8.20. The zero-order valence-corrected chi connectivity index (χ0v) is 12.6. The van der Waals surface area contributed by atoms with Crippen molar-refractivity contribution >= 4 is 18.5 Å². The molecule has 0 aliphatic rings. The third-order valence-corrected chi connectivity index (χ3v) is 6.47. The molecule has 0 spiro atoms. The zero-order valence-electron chi connectivity index (χ0n) is 11.7. The molecule has 0 fully saturated rings. The summed E-state index contributed by atoms with van der Waals surface area (Å²) in [5.74, 6) is 0. The van der Waals surface area contributed by atoms with E-state index in [1.165, 1.54) is 16.2 Å². The Morgan fingerprint density at radius 2 is 1.37 bits per heavy atom. The lowest BCUT2D eigenvalue weighted by Crippen LogP contribution is -2.21. The van der Waals surface area contributed by atoms with Gasteiger partial charge in [-0.25, -0.2) is 0 Å². The highest BCUT2D eigenvalue weighted by atomic mass is 31.1. The maximum atomic E-state index is 4.21. The van der Waals surface area contributed by atoms with E-state index in [9.17, 15) is 0 Å². The van der Waals surface area contributed by atoms with Crippen molar-refractivity contribution in [3.05, 3.63) is 72.8 Å². The van der Waals surface area contributed by atoms with Gasteiger partial charge in [0, 0.05) is 5.66 Å². The van der Waals surface area contributed by atoms with Crippen molar-refractivity contribution in [3.8, 4) is 0 Å². The van der Waals surface area contributed by atoms with Gasteiger partial charge in [-0.05, 0) is 31.9 Å². The maximum absolute atomic E-state index is 4.21. The minimum Gasteiger partial charge on any atom is -0.0995 e. The van der Waals surface area contributed by atoms with Crippen LogP contribution in [-0.2, 0) is 0 Å². The lowest BCUT2D eigenvalue weighted by molar-refractivity contribution is 0.921. The number of benzene rings is 2. The summed E-state index contributed by atoms with van der Waals surface area (Å²) >= 11 is 0. The molecule has 2 rings (SSSR count). The summed E-state index contributed by atoms with van der Waals surface area (Å²) < 4.78 is 0. The van der Waals surface area contributed by atoms with E-state index in [4.69, 9.17) is 0 Å². The van der Waals surface area contributed by atoms with E-state index in [1.807, 2.05) is 0 Å². The Balaban J connectivity index is 2.48. The molecule has 0 heterocycles. The molecule has 1 heteroatoms. The van der Waals surface area contributed by atoms with Gasteiger partial charge in [-0.1, -0.05) is 79.7 Å². The lowest BCUT2D eigenvalue weighted by atomic mass is 10.2. The van der Waals surface area contributed by atoms with E-state index >= 15 is 0 Å². The van der Waals surface area contributed by atoms with Crippen molar-refractivity contribution in [3.63, 3.8) is 0 Å². The number of allylic oxidation sites excluding steroid dienone is 1. The number of rotatable bonds is 5. The van der Waals surface area contributed by atoms with E-state index in [2.05, 4.69) is 81.1 Å². The van der Waals surface area contributed by atoms with Crippen LogP contribution in [0.15, 0.2) is 72.8 Å². The van der Waals surface area contributed by atoms with Gasteiger partial charge in [-0.2, -0.15) is 0 Å². The second kappa shape index (κ2) is 6.68. The fourth-order valence-corrected chi connectivity index (χ4v) is 5.25. The van der Waals surface area contributed by atoms with Crippen LogP contribution in [0.1, 0.15) is 20.3 Å². The van der Waals surface area contributed by atoms with Crippen LogP contribution in [-0.4, -0.2) is 5.66 Å². The van der Waals surface area contributed by atoms with Gasteiger partial charge in [-0.15, -0.1) is 0 Å². The summed E-state index contributed by atoms with van der Waals surface area (Å²) in [5, 5.41) is 2.89. The molecule has 0 saturated heterocycles. The van der Waals surface area contributed by atoms with Crippen molar-refractivity contribution < 1.29 is 0 Å². The highest BCUT2D eigenvalue weighted by Crippen LogP contribution is 2.43. The van der Waals surface area contributed by atoms with E-state index < -0.39 is 0 Å². The van der Waals surface area contributed by atoms with Gasteiger partial charge in [0.25, 0.3) is 0 Å². The smallest absolute Gasteiger partial charge is 0.00727 e. The molecule has 98 valence electrons. The molecule has 0 saturated carbocycles. The number of hydrogen-bond donors (Lipinski definition) is 0. The summed E-state index contributed by atoms with van der Waals surface area (Å²) in [4.78, 5) is 0. The minimum atomic E-state index is -0.353. The van der Waals surface area contributed by atoms with Gasteiger partial charge < -0.3 is 0 Å². The van der Waals surface area contributed by atoms with Crippen LogP contribution in [0.3, 0.4) is 0 Å². The second-order valence-corrected chi connectivity index (χ2v) is 7.21. The molecule has 0 aromatic heterocycles. The highest BCUT2D eigenvalue weighted by molar-refractivity contribution is 7.73. The average molecular weight is 268 g/mol. The molecule has 2 aromatic rings. The van der Waals surface area contributed by atoms with E-state index in [0.29, 0.717) is 5.66 Å². The van der Waals surface area contributed by atoms with Crippen LogP contribution in [0.25, 0.3) is 0 Å². The van der Waals surface area contributed by atoms with Crippen LogP contribution in [0.2, 0.25) is 0 Å². The van der Waals surface area contributed by atoms with Crippen molar-refractivity contribution in [2.45, 2.75) is 25.9 Å². The van der Waals surface area contributed by atoms with Gasteiger partial charge in [-0.3, -0.25) is 0 Å². The van der Waals surface area contributed by atoms with Gasteiger partial charge in [0.2, 0.25) is 0 Å². The normalized spacial score (nSPS) is 12.4. The molecule has 2 aromatic carbocycles. The summed E-state index contributed by atoms with van der Waals surface area (Å²) in [5.41, 5.74) is 1.85. The summed E-state index contributed by atoms with van der Waals surface area (Å²) in [7, 11) is -0.353. The Morgan fingerprint density at radius 1 is 0.947 bits per heavy atom. The molecule has 0 radical (unpaired) electrons. The largest absolute Gasteiger partial charge is 0.0995 e. The molecule has 1 unspecified atom stereocenters. The maximum Gasteiger partial charge on any atom is 0.00727 e. The molecule has 0 nitrogen and oxygen atoms in total. The molecule has 0 aliphatic heterocycles. The predicted octanol–water partition coefficient (Wildman–Crippen LogP) is 4.47. The van der Waals surface area contributed by atoms with Crippen molar-refractivity contribution in [1.82, 2.24) is 0 Å². The third-order valence-electron chi connectivity index (χ3n) is 3.34. The van der Waals surface area contributed by atoms with E-state index in [-0.39, 0.29) is 7.92 Å². The van der Waals surface area contributed by atoms with Crippen LogP contribution in [0.5, 0.6) is 0 Å². The van der Waals surface area contributed by atoms with E-state index in [0.717, 1.165) is 6.42 Å². The van der Waals surface area contributed by atoms with Gasteiger partial charge >= 0.3 is 0 Å². The van der Waals surface area contributed by atoms with Crippen LogP contribution in [0.4, 0.5) is 0 Å². The Labute approximate surface area is 117 Å². The van der Waals surface area contributed by atoms with Gasteiger partial charge in [0.05, 0.1) is 0 Å². The Hall–Kier alpha value is -1.39. The van der Waals surface area contributed by atoms with Crippen molar-refractivity contribution in [2.24, 2.45) is 0 Å². The first kappa shape index (κ1) is 14.0. The molecule has 0 bridgehead atoms. The van der Waals surface area contributed by atoms with Gasteiger partial charge in [0.1, 0.15) is 0 Å². The van der Waals surface area contributed by atoms with Crippen LogP contribution in [0, 0.1) is 0 Å². The molecule has 0 N–H and O–H groups in total. The SMILES string of the molecule is C=C(C)C(CC)P(c1ccccc1)c1ccccc1. The molecule has 0 aliphatic carbocycles. The Bertz CT molecular complexity index is 476. The van der Waals surface area contributed by atoms with Crippen molar-refractivity contribution in [2.75, 3.05) is 0 Å². The standard InChI is InChI=1S/C18H21P/c1-4-18(15(2)3)19(16-11-7-5-8-12-16)17-13-9-6-10-14-17/h5-14,18H,2,4H2,1,3H3.